The fourth-order valence-corrected chi connectivity index (χ4v) is 1.80. The van der Waals surface area contributed by atoms with Crippen LogP contribution in [0.1, 0.15) is 0 Å². The number of H-pyrrole nitrogens is 1. The predicted octanol–water partition coefficient (Wildman–Crippen LogP) is 0.313. The number of hydrogen-bond acceptors (Lipinski definition) is 5. The molecule has 1 N–H and O–H groups in total. The highest BCUT2D eigenvalue weighted by Gasteiger charge is 2.10. The first-order valence-corrected chi connectivity index (χ1v) is 6.15. The molecule has 0 aliphatic rings. The van der Waals surface area contributed by atoms with Crippen molar-refractivity contribution in [3.8, 4) is 0 Å². The number of hydrogen-bond donors (Lipinski definition) is 3. The van der Waals surface area contributed by atoms with E-state index in [0.29, 0.717) is 16.8 Å². The standard InChI is InChI=1S/C10H11N3O2S2/c14-9-7-2-1-3-11-8(7)12-10(15)13(9)4-6(17)5-16/h1-3,6,16-17H,4-5H2,(H,11,12,15). The SMILES string of the molecule is O=c1[nH]c2ncccc2c(=O)n1CC(S)CS. The molecule has 90 valence electrons. The molecule has 0 bridgehead atoms. The molecule has 0 aromatic carbocycles. The molecule has 0 aliphatic heterocycles. The fraction of sp³-hybridized carbons (Fsp3) is 0.300. The highest BCUT2D eigenvalue weighted by atomic mass is 32.1. The Bertz CT molecular complexity index is 650. The summed E-state index contributed by atoms with van der Waals surface area (Å²) < 4.78 is 1.12. The summed E-state index contributed by atoms with van der Waals surface area (Å²) in [5.41, 5.74) is -0.514. The Morgan fingerprint density at radius 1 is 1.47 bits per heavy atom. The van der Waals surface area contributed by atoms with Crippen LogP contribution in [0.5, 0.6) is 0 Å². The number of nitrogens with zero attached hydrogens (tertiary/aromatic N) is 2. The summed E-state index contributed by atoms with van der Waals surface area (Å²) in [5, 5.41) is 0.248. The normalized spacial score (nSPS) is 12.8. The number of fused-ring (bicyclic) bond motifs is 1. The van der Waals surface area contributed by atoms with Crippen LogP contribution in [0.4, 0.5) is 0 Å². The average Bonchev–Trinajstić information content (AvgIpc) is 2.34. The molecule has 0 spiro atoms. The Morgan fingerprint density at radius 2 is 2.24 bits per heavy atom. The molecule has 0 amide bonds. The Balaban J connectivity index is 2.64. The van der Waals surface area contributed by atoms with Crippen LogP contribution >= 0.6 is 25.3 Å². The van der Waals surface area contributed by atoms with Crippen molar-refractivity contribution in [3.05, 3.63) is 39.2 Å². The lowest BCUT2D eigenvalue weighted by molar-refractivity contribution is 0.638. The molecule has 2 heterocycles. The van der Waals surface area contributed by atoms with Crippen molar-refractivity contribution in [2.75, 3.05) is 5.75 Å². The van der Waals surface area contributed by atoms with Gasteiger partial charge in [0.1, 0.15) is 5.65 Å². The van der Waals surface area contributed by atoms with Crippen LogP contribution in [0.25, 0.3) is 11.0 Å². The van der Waals surface area contributed by atoms with E-state index in [1.54, 1.807) is 12.1 Å². The smallest absolute Gasteiger partial charge is 0.291 e. The van der Waals surface area contributed by atoms with E-state index in [1.165, 1.54) is 6.20 Å². The largest absolute Gasteiger partial charge is 0.330 e. The summed E-state index contributed by atoms with van der Waals surface area (Å²) in [5.74, 6) is 0.486. The van der Waals surface area contributed by atoms with E-state index in [-0.39, 0.29) is 17.4 Å². The molecule has 17 heavy (non-hydrogen) atoms. The van der Waals surface area contributed by atoms with Gasteiger partial charge in [-0.15, -0.1) is 0 Å². The van der Waals surface area contributed by atoms with Crippen molar-refractivity contribution in [1.29, 1.82) is 0 Å². The lowest BCUT2D eigenvalue weighted by Gasteiger charge is -2.09. The zero-order valence-electron chi connectivity index (χ0n) is 8.83. The summed E-state index contributed by atoms with van der Waals surface area (Å²) in [4.78, 5) is 30.3. The van der Waals surface area contributed by atoms with Crippen molar-refractivity contribution < 1.29 is 0 Å². The molecule has 0 saturated carbocycles. The second-order valence-corrected chi connectivity index (χ2v) is 4.68. The maximum atomic E-state index is 12.0. The molecular weight excluding hydrogens is 258 g/mol. The Morgan fingerprint density at radius 3 is 2.94 bits per heavy atom. The van der Waals surface area contributed by atoms with Crippen molar-refractivity contribution in [1.82, 2.24) is 14.5 Å². The van der Waals surface area contributed by atoms with Gasteiger partial charge in [0, 0.05) is 23.7 Å². The number of aromatic amines is 1. The van der Waals surface area contributed by atoms with Gasteiger partial charge in [0.05, 0.1) is 5.39 Å². The van der Waals surface area contributed by atoms with Gasteiger partial charge < -0.3 is 0 Å². The Kier molecular flexibility index (Phi) is 3.58. The Labute approximate surface area is 108 Å². The highest BCUT2D eigenvalue weighted by Crippen LogP contribution is 2.02. The summed E-state index contributed by atoms with van der Waals surface area (Å²) in [7, 11) is 0. The van der Waals surface area contributed by atoms with Crippen LogP contribution < -0.4 is 11.2 Å². The molecule has 1 unspecified atom stereocenters. The van der Waals surface area contributed by atoms with E-state index < -0.39 is 5.69 Å². The molecule has 7 heteroatoms. The number of nitrogens with one attached hydrogen (secondary N) is 1. The van der Waals surface area contributed by atoms with E-state index in [9.17, 15) is 9.59 Å². The fourth-order valence-electron chi connectivity index (χ4n) is 1.52. The Hall–Kier alpha value is -1.21. The van der Waals surface area contributed by atoms with Crippen LogP contribution in [-0.4, -0.2) is 25.5 Å². The zero-order chi connectivity index (χ0) is 12.4. The third kappa shape index (κ3) is 2.39. The molecule has 0 saturated heterocycles. The van der Waals surface area contributed by atoms with Gasteiger partial charge in [0.15, 0.2) is 0 Å². The summed E-state index contributed by atoms with van der Waals surface area (Å²) in [6.45, 7) is 0.228. The van der Waals surface area contributed by atoms with Gasteiger partial charge in [-0.1, -0.05) is 0 Å². The minimum absolute atomic E-state index is 0.147. The van der Waals surface area contributed by atoms with E-state index in [2.05, 4.69) is 35.2 Å². The average molecular weight is 269 g/mol. The van der Waals surface area contributed by atoms with E-state index in [0.717, 1.165) is 4.57 Å². The van der Waals surface area contributed by atoms with Crippen molar-refractivity contribution >= 4 is 36.3 Å². The van der Waals surface area contributed by atoms with Crippen molar-refractivity contribution in [2.24, 2.45) is 0 Å². The van der Waals surface area contributed by atoms with Gasteiger partial charge in [0.25, 0.3) is 5.56 Å². The van der Waals surface area contributed by atoms with E-state index >= 15 is 0 Å². The lowest BCUT2D eigenvalue weighted by Crippen LogP contribution is -2.37. The molecule has 5 nitrogen and oxygen atoms in total. The van der Waals surface area contributed by atoms with Crippen molar-refractivity contribution in [3.63, 3.8) is 0 Å². The van der Waals surface area contributed by atoms with Crippen molar-refractivity contribution in [2.45, 2.75) is 11.8 Å². The highest BCUT2D eigenvalue weighted by molar-refractivity contribution is 7.84. The monoisotopic (exact) mass is 269 g/mol. The first-order chi connectivity index (χ1) is 8.13. The second-order valence-electron chi connectivity index (χ2n) is 3.58. The zero-order valence-corrected chi connectivity index (χ0v) is 10.6. The van der Waals surface area contributed by atoms with Crippen LogP contribution in [0.15, 0.2) is 27.9 Å². The summed E-state index contributed by atoms with van der Waals surface area (Å²) in [6, 6.07) is 3.29. The molecule has 2 aromatic rings. The second kappa shape index (κ2) is 4.97. The van der Waals surface area contributed by atoms with Gasteiger partial charge in [-0.2, -0.15) is 25.3 Å². The quantitative estimate of drug-likeness (QED) is 0.703. The number of pyridine rings is 1. The summed E-state index contributed by atoms with van der Waals surface area (Å²) >= 11 is 8.30. The number of aromatic nitrogens is 3. The van der Waals surface area contributed by atoms with Gasteiger partial charge in [0.2, 0.25) is 0 Å². The number of thiol groups is 2. The first kappa shape index (κ1) is 12.3. The molecule has 0 fully saturated rings. The lowest BCUT2D eigenvalue weighted by atomic mass is 10.3. The number of rotatable bonds is 3. The molecule has 1 atom stereocenters. The van der Waals surface area contributed by atoms with Crippen LogP contribution in [0.3, 0.4) is 0 Å². The first-order valence-electron chi connectivity index (χ1n) is 5.00. The molecular formula is C10H11N3O2S2. The molecule has 2 aromatic heterocycles. The third-order valence-corrected chi connectivity index (χ3v) is 3.43. The maximum absolute atomic E-state index is 12.0. The van der Waals surface area contributed by atoms with Gasteiger partial charge >= 0.3 is 5.69 Å². The minimum Gasteiger partial charge on any atom is -0.291 e. The minimum atomic E-state index is -0.470. The van der Waals surface area contributed by atoms with E-state index in [4.69, 9.17) is 0 Å². The van der Waals surface area contributed by atoms with Gasteiger partial charge in [-0.3, -0.25) is 14.3 Å². The third-order valence-electron chi connectivity index (χ3n) is 2.36. The predicted molar refractivity (Wildman–Crippen MR) is 73.3 cm³/mol. The molecule has 2 rings (SSSR count). The van der Waals surface area contributed by atoms with Gasteiger partial charge in [-0.25, -0.2) is 9.78 Å². The topological polar surface area (TPSA) is 67.8 Å². The molecule has 0 radical (unpaired) electrons. The van der Waals surface area contributed by atoms with Crippen LogP contribution in [-0.2, 0) is 6.54 Å². The maximum Gasteiger partial charge on any atom is 0.330 e. The van der Waals surface area contributed by atoms with Gasteiger partial charge in [-0.05, 0) is 12.1 Å². The van der Waals surface area contributed by atoms with E-state index in [1.807, 2.05) is 0 Å². The van der Waals surface area contributed by atoms with Crippen LogP contribution in [0.2, 0.25) is 0 Å². The summed E-state index contributed by atoms with van der Waals surface area (Å²) in [6.07, 6.45) is 1.52. The van der Waals surface area contributed by atoms with Crippen LogP contribution in [0, 0.1) is 0 Å². The molecule has 0 aliphatic carbocycles.